The third-order valence-corrected chi connectivity index (χ3v) is 2.01. The molecule has 0 heterocycles. The first-order chi connectivity index (χ1) is 7.30. The monoisotopic (exact) mass is 230 g/mol. The Morgan fingerprint density at radius 2 is 2.00 bits per heavy atom. The van der Waals surface area contributed by atoms with Gasteiger partial charge in [-0.15, -0.1) is 0 Å². The van der Waals surface area contributed by atoms with E-state index in [2.05, 4.69) is 0 Å². The number of rotatable bonds is 2. The minimum Gasteiger partial charge on any atom is -0.478 e. The number of aliphatic carboxylic acids is 1. The molecule has 0 radical (unpaired) electrons. The maximum absolute atomic E-state index is 12.4. The van der Waals surface area contributed by atoms with E-state index in [1.807, 2.05) is 0 Å². The van der Waals surface area contributed by atoms with E-state index in [-0.39, 0.29) is 5.56 Å². The number of halogens is 3. The highest BCUT2D eigenvalue weighted by Crippen LogP contribution is 2.30. The fraction of sp³-hybridized carbons (Fsp3) is 0.182. The van der Waals surface area contributed by atoms with Crippen molar-refractivity contribution in [3.8, 4) is 0 Å². The number of hydrogen-bond acceptors (Lipinski definition) is 1. The topological polar surface area (TPSA) is 37.3 Å². The summed E-state index contributed by atoms with van der Waals surface area (Å²) in [7, 11) is 0. The molecular formula is C11H9F3O2. The summed E-state index contributed by atoms with van der Waals surface area (Å²) in [4.78, 5) is 10.3. The van der Waals surface area contributed by atoms with Crippen molar-refractivity contribution >= 4 is 12.0 Å². The van der Waals surface area contributed by atoms with Crippen molar-refractivity contribution in [3.63, 3.8) is 0 Å². The molecule has 0 amide bonds. The molecule has 0 unspecified atom stereocenters. The minimum atomic E-state index is -4.42. The summed E-state index contributed by atoms with van der Waals surface area (Å²) in [6.45, 7) is 1.61. The molecule has 0 aliphatic rings. The lowest BCUT2D eigenvalue weighted by Crippen LogP contribution is -2.05. The first-order valence-corrected chi connectivity index (χ1v) is 4.39. The van der Waals surface area contributed by atoms with E-state index in [1.165, 1.54) is 6.07 Å². The lowest BCUT2D eigenvalue weighted by molar-refractivity contribution is -0.137. The molecule has 0 fully saturated rings. The van der Waals surface area contributed by atoms with Crippen LogP contribution in [0.25, 0.3) is 6.08 Å². The normalized spacial score (nSPS) is 12.0. The molecule has 0 bridgehead atoms. The molecule has 0 atom stereocenters. The molecule has 0 aliphatic carbocycles. The predicted octanol–water partition coefficient (Wildman–Crippen LogP) is 3.11. The smallest absolute Gasteiger partial charge is 0.416 e. The van der Waals surface area contributed by atoms with Crippen LogP contribution in [0.1, 0.15) is 16.7 Å². The van der Waals surface area contributed by atoms with Crippen LogP contribution in [0.4, 0.5) is 13.2 Å². The summed E-state index contributed by atoms with van der Waals surface area (Å²) >= 11 is 0. The molecule has 86 valence electrons. The van der Waals surface area contributed by atoms with Crippen molar-refractivity contribution in [2.24, 2.45) is 0 Å². The molecule has 0 spiro atoms. The molecule has 1 aromatic rings. The summed E-state index contributed by atoms with van der Waals surface area (Å²) in [6.07, 6.45) is -2.46. The lowest BCUT2D eigenvalue weighted by Gasteiger charge is -2.08. The molecule has 1 aromatic carbocycles. The van der Waals surface area contributed by atoms with Gasteiger partial charge in [-0.3, -0.25) is 0 Å². The van der Waals surface area contributed by atoms with Crippen molar-refractivity contribution < 1.29 is 23.1 Å². The van der Waals surface area contributed by atoms with E-state index in [1.54, 1.807) is 6.92 Å². The second-order valence-electron chi connectivity index (χ2n) is 3.24. The third kappa shape index (κ3) is 3.12. The van der Waals surface area contributed by atoms with Crippen LogP contribution in [0.5, 0.6) is 0 Å². The van der Waals surface area contributed by atoms with Crippen molar-refractivity contribution in [2.75, 3.05) is 0 Å². The molecule has 1 rings (SSSR count). The van der Waals surface area contributed by atoms with Crippen LogP contribution in [-0.4, -0.2) is 11.1 Å². The number of carbonyl (C=O) groups is 1. The number of benzene rings is 1. The van der Waals surface area contributed by atoms with Gasteiger partial charge in [-0.1, -0.05) is 6.07 Å². The molecule has 0 aromatic heterocycles. The number of aryl methyl sites for hydroxylation is 1. The average molecular weight is 230 g/mol. The Kier molecular flexibility index (Phi) is 3.37. The molecule has 1 N–H and O–H groups in total. The first kappa shape index (κ1) is 12.3. The molecular weight excluding hydrogens is 221 g/mol. The Morgan fingerprint density at radius 3 is 2.50 bits per heavy atom. The van der Waals surface area contributed by atoms with Crippen LogP contribution in [0.2, 0.25) is 0 Å². The van der Waals surface area contributed by atoms with Crippen molar-refractivity contribution in [1.29, 1.82) is 0 Å². The van der Waals surface area contributed by atoms with Gasteiger partial charge in [0.2, 0.25) is 0 Å². The standard InChI is InChI=1S/C11H9F3O2/c1-7-2-4-9(11(12,13)14)6-8(7)3-5-10(15)16/h2-6H,1H3,(H,15,16)/b5-3+. The van der Waals surface area contributed by atoms with Crippen LogP contribution in [0, 0.1) is 6.92 Å². The van der Waals surface area contributed by atoms with Crippen molar-refractivity contribution in [1.82, 2.24) is 0 Å². The molecule has 16 heavy (non-hydrogen) atoms. The van der Waals surface area contributed by atoms with Gasteiger partial charge in [0, 0.05) is 6.08 Å². The highest BCUT2D eigenvalue weighted by Gasteiger charge is 2.30. The van der Waals surface area contributed by atoms with Gasteiger partial charge >= 0.3 is 12.1 Å². The Balaban J connectivity index is 3.14. The SMILES string of the molecule is Cc1ccc(C(F)(F)F)cc1/C=C/C(=O)O. The molecule has 0 aliphatic heterocycles. The zero-order valence-electron chi connectivity index (χ0n) is 8.38. The molecule has 5 heteroatoms. The maximum atomic E-state index is 12.4. The Morgan fingerprint density at radius 1 is 1.38 bits per heavy atom. The van der Waals surface area contributed by atoms with Gasteiger partial charge in [0.05, 0.1) is 5.56 Å². The third-order valence-electron chi connectivity index (χ3n) is 2.01. The van der Waals surface area contributed by atoms with E-state index in [0.717, 1.165) is 24.3 Å². The highest BCUT2D eigenvalue weighted by molar-refractivity contribution is 5.85. The minimum absolute atomic E-state index is 0.247. The number of carboxylic acid groups (broad SMARTS) is 1. The van der Waals surface area contributed by atoms with E-state index < -0.39 is 17.7 Å². The largest absolute Gasteiger partial charge is 0.478 e. The Hall–Kier alpha value is -1.78. The summed E-state index contributed by atoms with van der Waals surface area (Å²) < 4.78 is 37.1. The molecule has 0 saturated carbocycles. The summed E-state index contributed by atoms with van der Waals surface area (Å²) in [6, 6.07) is 3.20. The zero-order chi connectivity index (χ0) is 12.3. The van der Waals surface area contributed by atoms with E-state index >= 15 is 0 Å². The van der Waals surface area contributed by atoms with Crippen molar-refractivity contribution in [3.05, 3.63) is 41.0 Å². The fourth-order valence-corrected chi connectivity index (χ4v) is 1.16. The molecule has 2 nitrogen and oxygen atoms in total. The number of hydrogen-bond donors (Lipinski definition) is 1. The predicted molar refractivity (Wildman–Crippen MR) is 52.9 cm³/mol. The van der Waals surface area contributed by atoms with E-state index in [4.69, 9.17) is 5.11 Å². The lowest BCUT2D eigenvalue weighted by atomic mass is 10.0. The van der Waals surface area contributed by atoms with Gasteiger partial charge in [-0.25, -0.2) is 4.79 Å². The van der Waals surface area contributed by atoms with Gasteiger partial charge in [-0.05, 0) is 36.3 Å². The summed E-state index contributed by atoms with van der Waals surface area (Å²) in [5.41, 5.74) is 0.0471. The van der Waals surface area contributed by atoms with Crippen LogP contribution in [0.15, 0.2) is 24.3 Å². The van der Waals surface area contributed by atoms with E-state index in [0.29, 0.717) is 5.56 Å². The maximum Gasteiger partial charge on any atom is 0.416 e. The Labute approximate surface area is 90.0 Å². The Bertz CT molecular complexity index is 433. The summed E-state index contributed by atoms with van der Waals surface area (Å²) in [5.74, 6) is -1.20. The summed E-state index contributed by atoms with van der Waals surface area (Å²) in [5, 5.41) is 8.39. The first-order valence-electron chi connectivity index (χ1n) is 4.39. The second-order valence-corrected chi connectivity index (χ2v) is 3.24. The highest BCUT2D eigenvalue weighted by atomic mass is 19.4. The van der Waals surface area contributed by atoms with Crippen LogP contribution in [-0.2, 0) is 11.0 Å². The van der Waals surface area contributed by atoms with Gasteiger partial charge in [0.25, 0.3) is 0 Å². The quantitative estimate of drug-likeness (QED) is 0.792. The van der Waals surface area contributed by atoms with Gasteiger partial charge < -0.3 is 5.11 Å². The van der Waals surface area contributed by atoms with E-state index in [9.17, 15) is 18.0 Å². The van der Waals surface area contributed by atoms with Crippen LogP contribution >= 0.6 is 0 Å². The van der Waals surface area contributed by atoms with Gasteiger partial charge in [-0.2, -0.15) is 13.2 Å². The second kappa shape index (κ2) is 4.38. The average Bonchev–Trinajstić information content (AvgIpc) is 2.14. The zero-order valence-corrected chi connectivity index (χ0v) is 8.38. The van der Waals surface area contributed by atoms with Crippen LogP contribution in [0.3, 0.4) is 0 Å². The molecule has 0 saturated heterocycles. The fourth-order valence-electron chi connectivity index (χ4n) is 1.16. The van der Waals surface area contributed by atoms with Crippen molar-refractivity contribution in [2.45, 2.75) is 13.1 Å². The van der Waals surface area contributed by atoms with Gasteiger partial charge in [0.1, 0.15) is 0 Å². The number of carboxylic acids is 1. The number of alkyl halides is 3. The van der Waals surface area contributed by atoms with Gasteiger partial charge in [0.15, 0.2) is 0 Å². The van der Waals surface area contributed by atoms with Crippen LogP contribution < -0.4 is 0 Å².